The van der Waals surface area contributed by atoms with Gasteiger partial charge in [0.05, 0.1) is 6.07 Å². The second-order valence-corrected chi connectivity index (χ2v) is 7.68. The molecule has 0 atom stereocenters. The fourth-order valence-electron chi connectivity index (χ4n) is 3.26. The molecule has 0 radical (unpaired) electrons. The van der Waals surface area contributed by atoms with Gasteiger partial charge >= 0.3 is 0 Å². The van der Waals surface area contributed by atoms with E-state index in [-0.39, 0.29) is 12.5 Å². The molecule has 1 fully saturated rings. The Hall–Kier alpha value is -0.590. The van der Waals surface area contributed by atoms with E-state index < -0.39 is 0 Å². The van der Waals surface area contributed by atoms with Crippen LogP contribution in [0.2, 0.25) is 0 Å². The number of nitrogens with zero attached hydrogens (tertiary/aromatic N) is 2. The number of hydrogen-bond acceptors (Lipinski definition) is 3. The maximum atomic E-state index is 9.56. The Morgan fingerprint density at radius 3 is 2.19 bits per heavy atom. The number of likely N-dealkylation sites (tertiary alicyclic amines) is 1. The Labute approximate surface area is 133 Å². The summed E-state index contributed by atoms with van der Waals surface area (Å²) in [6, 6.07) is 2.55. The second-order valence-electron chi connectivity index (χ2n) is 7.68. The number of nitrogens with one attached hydrogen (secondary N) is 1. The molecule has 1 heterocycles. The van der Waals surface area contributed by atoms with Crippen LogP contribution in [0.3, 0.4) is 0 Å². The van der Waals surface area contributed by atoms with E-state index in [1.165, 1.54) is 45.1 Å². The van der Waals surface area contributed by atoms with E-state index in [1.807, 2.05) is 0 Å². The molecule has 0 aliphatic carbocycles. The van der Waals surface area contributed by atoms with Crippen LogP contribution in [0.1, 0.15) is 80.5 Å². The molecule has 0 aromatic carbocycles. The van der Waals surface area contributed by atoms with E-state index in [4.69, 9.17) is 0 Å². The third kappa shape index (κ3) is 7.29. The van der Waals surface area contributed by atoms with Crippen LogP contribution >= 0.6 is 0 Å². The Morgan fingerprint density at radius 1 is 1.10 bits per heavy atom. The molecule has 0 bridgehead atoms. The van der Waals surface area contributed by atoms with Crippen LogP contribution in [-0.4, -0.2) is 35.6 Å². The van der Waals surface area contributed by atoms with Crippen LogP contribution in [0.4, 0.5) is 0 Å². The monoisotopic (exact) mass is 295 g/mol. The van der Waals surface area contributed by atoms with Crippen LogP contribution in [0.15, 0.2) is 0 Å². The van der Waals surface area contributed by atoms with Gasteiger partial charge < -0.3 is 4.90 Å². The lowest BCUT2D eigenvalue weighted by Crippen LogP contribution is -2.58. The molecule has 1 rings (SSSR count). The Morgan fingerprint density at radius 2 is 1.67 bits per heavy atom. The molecule has 1 N–H and O–H groups in total. The predicted octanol–water partition coefficient (Wildman–Crippen LogP) is 4.34. The summed E-state index contributed by atoms with van der Waals surface area (Å²) in [4.78, 5) is 2.54. The predicted molar refractivity (Wildman–Crippen MR) is 92.4 cm³/mol. The van der Waals surface area contributed by atoms with Crippen molar-refractivity contribution in [2.45, 2.75) is 90.1 Å². The smallest absolute Gasteiger partial charge is 0.109 e. The van der Waals surface area contributed by atoms with Gasteiger partial charge in [-0.25, -0.2) is 0 Å². The molecule has 0 aromatic heterocycles. The summed E-state index contributed by atoms with van der Waals surface area (Å²) in [6.07, 6.45) is 10.1. The van der Waals surface area contributed by atoms with Gasteiger partial charge in [-0.2, -0.15) is 5.26 Å². The van der Waals surface area contributed by atoms with Gasteiger partial charge in [0, 0.05) is 20.1 Å². The zero-order valence-electron chi connectivity index (χ0n) is 14.7. The summed E-state index contributed by atoms with van der Waals surface area (Å²) >= 11 is 0. The van der Waals surface area contributed by atoms with Gasteiger partial charge in [0.2, 0.25) is 0 Å². The largest absolute Gasteiger partial charge is 0.303 e. The average Bonchev–Trinajstić information content (AvgIpc) is 2.43. The Balaban J connectivity index is 0.00000441. The quantitative estimate of drug-likeness (QED) is 0.677. The van der Waals surface area contributed by atoms with Crippen molar-refractivity contribution in [3.05, 3.63) is 0 Å². The van der Waals surface area contributed by atoms with E-state index >= 15 is 0 Å². The van der Waals surface area contributed by atoms with Crippen molar-refractivity contribution in [1.82, 2.24) is 10.2 Å². The van der Waals surface area contributed by atoms with Crippen molar-refractivity contribution >= 4 is 0 Å². The minimum Gasteiger partial charge on any atom is -0.303 e. The molecule has 1 saturated heterocycles. The molecule has 0 spiro atoms. The van der Waals surface area contributed by atoms with Gasteiger partial charge in [-0.05, 0) is 46.6 Å². The first-order valence-electron chi connectivity index (χ1n) is 8.84. The maximum Gasteiger partial charge on any atom is 0.109 e. The lowest BCUT2D eigenvalue weighted by molar-refractivity contribution is 0.144. The van der Waals surface area contributed by atoms with E-state index in [9.17, 15) is 5.26 Å². The third-order valence-electron chi connectivity index (χ3n) is 4.37. The number of nitriles is 1. The van der Waals surface area contributed by atoms with Crippen molar-refractivity contribution in [2.75, 3.05) is 19.6 Å². The topological polar surface area (TPSA) is 39.1 Å². The zero-order chi connectivity index (χ0) is 15.8. The van der Waals surface area contributed by atoms with Gasteiger partial charge in [0.1, 0.15) is 5.54 Å². The molecular weight excluding hydrogens is 258 g/mol. The van der Waals surface area contributed by atoms with Gasteiger partial charge in [0.25, 0.3) is 0 Å². The van der Waals surface area contributed by atoms with E-state index in [2.05, 4.69) is 44.0 Å². The first-order chi connectivity index (χ1) is 9.91. The third-order valence-corrected chi connectivity index (χ3v) is 4.37. The Kier molecular flexibility index (Phi) is 7.70. The van der Waals surface area contributed by atoms with Crippen LogP contribution in [0, 0.1) is 11.3 Å². The normalized spacial score (nSPS) is 19.4. The fourth-order valence-corrected chi connectivity index (χ4v) is 3.26. The number of unbranched alkanes of at least 4 members (excludes halogenated alkanes) is 5. The zero-order valence-corrected chi connectivity index (χ0v) is 14.7. The number of piperidine rings is 1. The molecule has 0 amide bonds. The SMILES string of the molecule is CCCCCCCCN1CCC(C#N)(NC(C)(C)C)CC1.[HH]. The van der Waals surface area contributed by atoms with Crippen LogP contribution in [-0.2, 0) is 0 Å². The molecule has 0 unspecified atom stereocenters. The molecule has 1 aliphatic rings. The summed E-state index contributed by atoms with van der Waals surface area (Å²) in [5.41, 5.74) is -0.299. The minimum absolute atomic E-state index is 0. The summed E-state index contributed by atoms with van der Waals surface area (Å²) in [6.45, 7) is 12.0. The van der Waals surface area contributed by atoms with Crippen LogP contribution < -0.4 is 5.32 Å². The van der Waals surface area contributed by atoms with Gasteiger partial charge in [-0.15, -0.1) is 0 Å². The summed E-state index contributed by atoms with van der Waals surface area (Å²) in [5, 5.41) is 13.1. The molecule has 124 valence electrons. The summed E-state index contributed by atoms with van der Waals surface area (Å²) in [7, 11) is 0. The van der Waals surface area contributed by atoms with Crippen molar-refractivity contribution in [1.29, 1.82) is 5.26 Å². The van der Waals surface area contributed by atoms with Gasteiger partial charge in [-0.3, -0.25) is 5.32 Å². The molecular formula is C18H37N3. The highest BCUT2D eigenvalue weighted by molar-refractivity contribution is 5.11. The lowest BCUT2D eigenvalue weighted by Gasteiger charge is -2.41. The van der Waals surface area contributed by atoms with Crippen LogP contribution in [0.25, 0.3) is 0 Å². The molecule has 3 heteroatoms. The highest BCUT2D eigenvalue weighted by Gasteiger charge is 2.37. The molecule has 0 aromatic rings. The van der Waals surface area contributed by atoms with E-state index in [1.54, 1.807) is 0 Å². The first-order valence-corrected chi connectivity index (χ1v) is 8.84. The van der Waals surface area contributed by atoms with Crippen molar-refractivity contribution in [3.63, 3.8) is 0 Å². The fraction of sp³-hybridized carbons (Fsp3) is 0.944. The first kappa shape index (κ1) is 18.5. The average molecular weight is 296 g/mol. The number of hydrogen-bond donors (Lipinski definition) is 1. The standard InChI is InChI=1S/C18H35N3.H2/c1-5-6-7-8-9-10-13-21-14-11-18(16-19,12-15-21)20-17(2,3)4;/h20H,5-15H2,1-4H3;1H. The van der Waals surface area contributed by atoms with Crippen molar-refractivity contribution in [2.24, 2.45) is 0 Å². The molecule has 21 heavy (non-hydrogen) atoms. The van der Waals surface area contributed by atoms with Crippen molar-refractivity contribution < 1.29 is 1.43 Å². The molecule has 3 nitrogen and oxygen atoms in total. The van der Waals surface area contributed by atoms with Crippen molar-refractivity contribution in [3.8, 4) is 6.07 Å². The van der Waals surface area contributed by atoms with E-state index in [0.717, 1.165) is 25.9 Å². The van der Waals surface area contributed by atoms with Gasteiger partial charge in [0.15, 0.2) is 0 Å². The molecule has 1 aliphatic heterocycles. The Bertz CT molecular complexity index is 322. The lowest BCUT2D eigenvalue weighted by atomic mass is 9.86. The summed E-state index contributed by atoms with van der Waals surface area (Å²) in [5.74, 6) is 0. The summed E-state index contributed by atoms with van der Waals surface area (Å²) < 4.78 is 0. The second kappa shape index (κ2) is 8.76. The van der Waals surface area contributed by atoms with Gasteiger partial charge in [-0.1, -0.05) is 39.0 Å². The van der Waals surface area contributed by atoms with E-state index in [0.29, 0.717) is 0 Å². The molecule has 0 saturated carbocycles. The highest BCUT2D eigenvalue weighted by Crippen LogP contribution is 2.24. The maximum absolute atomic E-state index is 9.56. The number of rotatable bonds is 8. The minimum atomic E-state index is -0.310. The highest BCUT2D eigenvalue weighted by atomic mass is 15.2. The van der Waals surface area contributed by atoms with Crippen LogP contribution in [0.5, 0.6) is 0 Å².